The lowest BCUT2D eigenvalue weighted by atomic mass is 9.92. The van der Waals surface area contributed by atoms with Crippen molar-refractivity contribution in [2.45, 2.75) is 19.8 Å². The third-order valence-corrected chi connectivity index (χ3v) is 2.43. The molecule has 0 aliphatic carbocycles. The fourth-order valence-electron chi connectivity index (χ4n) is 1.73. The molecule has 0 aromatic carbocycles. The summed E-state index contributed by atoms with van der Waals surface area (Å²) >= 11 is 0. The highest BCUT2D eigenvalue weighted by Crippen LogP contribution is 2.19. The van der Waals surface area contributed by atoms with Crippen molar-refractivity contribution in [1.29, 1.82) is 0 Å². The van der Waals surface area contributed by atoms with Gasteiger partial charge >= 0.3 is 0 Å². The molecule has 0 atom stereocenters. The molecule has 14 heavy (non-hydrogen) atoms. The highest BCUT2D eigenvalue weighted by atomic mass is 16.5. The summed E-state index contributed by atoms with van der Waals surface area (Å²) in [6.45, 7) is 3.34. The van der Waals surface area contributed by atoms with Crippen LogP contribution in [0, 0.1) is 5.92 Å². The van der Waals surface area contributed by atoms with Gasteiger partial charge in [-0.15, -0.1) is 0 Å². The second-order valence-electron chi connectivity index (χ2n) is 4.03. The number of carbonyl (C=O) groups is 1. The van der Waals surface area contributed by atoms with E-state index in [1.165, 1.54) is 0 Å². The number of nitrogens with zero attached hydrogens (tertiary/aromatic N) is 1. The molecular weight excluding hydrogens is 178 g/mol. The van der Waals surface area contributed by atoms with E-state index < -0.39 is 0 Å². The second-order valence-corrected chi connectivity index (χ2v) is 4.03. The van der Waals surface area contributed by atoms with Crippen LogP contribution < -0.4 is 0 Å². The molecule has 0 aromatic heterocycles. The van der Waals surface area contributed by atoms with Crippen LogP contribution in [0.3, 0.4) is 0 Å². The van der Waals surface area contributed by atoms with Crippen molar-refractivity contribution in [2.24, 2.45) is 5.92 Å². The Morgan fingerprint density at radius 1 is 1.36 bits per heavy atom. The second kappa shape index (κ2) is 5.15. The molecule has 3 heteroatoms. The van der Waals surface area contributed by atoms with Gasteiger partial charge in [0.05, 0.1) is 0 Å². The maximum absolute atomic E-state index is 11.9. The monoisotopic (exact) mass is 197 g/mol. The van der Waals surface area contributed by atoms with E-state index in [2.05, 4.69) is 0 Å². The normalized spacial score (nSPS) is 19.5. The molecule has 0 N–H and O–H groups in total. The van der Waals surface area contributed by atoms with Crippen LogP contribution in [0.15, 0.2) is 11.8 Å². The van der Waals surface area contributed by atoms with E-state index in [0.717, 1.165) is 31.6 Å². The minimum atomic E-state index is 0.181. The first kappa shape index (κ1) is 11.2. The number of Topliss-reactive ketones (excluding diaryl/α,β-unsaturated/α-hetero) is 1. The molecule has 0 radical (unpaired) electrons. The highest BCUT2D eigenvalue weighted by molar-refractivity contribution is 5.96. The van der Waals surface area contributed by atoms with E-state index in [-0.39, 0.29) is 11.7 Å². The Kier molecular flexibility index (Phi) is 4.14. The van der Waals surface area contributed by atoms with Gasteiger partial charge in [-0.05, 0) is 19.8 Å². The summed E-state index contributed by atoms with van der Waals surface area (Å²) in [4.78, 5) is 13.8. The van der Waals surface area contributed by atoms with E-state index in [1.54, 1.807) is 0 Å². The highest BCUT2D eigenvalue weighted by Gasteiger charge is 2.22. The van der Waals surface area contributed by atoms with Crippen molar-refractivity contribution >= 4 is 5.78 Å². The Balaban J connectivity index is 2.54. The summed E-state index contributed by atoms with van der Waals surface area (Å²) in [6.07, 6.45) is 3.63. The molecule has 80 valence electrons. The number of ether oxygens (including phenoxy) is 1. The van der Waals surface area contributed by atoms with Gasteiger partial charge in [-0.2, -0.15) is 0 Å². The summed E-state index contributed by atoms with van der Waals surface area (Å²) in [5, 5.41) is 0. The molecule has 0 unspecified atom stereocenters. The molecule has 1 heterocycles. The molecule has 1 aliphatic heterocycles. The Hall–Kier alpha value is -0.830. The SMILES string of the molecule is CC(=CN(C)C)C(=O)C1CCOCC1. The lowest BCUT2D eigenvalue weighted by Gasteiger charge is -2.21. The van der Waals surface area contributed by atoms with Crippen LogP contribution in [-0.4, -0.2) is 38.0 Å². The van der Waals surface area contributed by atoms with Gasteiger partial charge in [0.15, 0.2) is 5.78 Å². The Bertz CT molecular complexity index is 227. The number of ketones is 1. The van der Waals surface area contributed by atoms with Crippen LogP contribution in [0.1, 0.15) is 19.8 Å². The molecular formula is C11H19NO2. The molecule has 3 nitrogen and oxygen atoms in total. The predicted octanol–water partition coefficient (Wildman–Crippen LogP) is 1.45. The van der Waals surface area contributed by atoms with E-state index in [9.17, 15) is 4.79 Å². The fourth-order valence-corrected chi connectivity index (χ4v) is 1.73. The van der Waals surface area contributed by atoms with Crippen molar-refractivity contribution in [3.05, 3.63) is 11.8 Å². The Labute approximate surface area is 85.7 Å². The smallest absolute Gasteiger partial charge is 0.163 e. The third kappa shape index (κ3) is 3.14. The summed E-state index contributed by atoms with van der Waals surface area (Å²) in [5.74, 6) is 0.460. The van der Waals surface area contributed by atoms with Gasteiger partial charge in [0, 0.05) is 45.0 Å². The summed E-state index contributed by atoms with van der Waals surface area (Å²) < 4.78 is 5.23. The number of allylic oxidation sites excluding steroid dienone is 1. The first-order valence-corrected chi connectivity index (χ1v) is 5.08. The molecule has 0 spiro atoms. The van der Waals surface area contributed by atoms with E-state index in [1.807, 2.05) is 32.1 Å². The first-order chi connectivity index (χ1) is 6.61. The van der Waals surface area contributed by atoms with Crippen LogP contribution >= 0.6 is 0 Å². The van der Waals surface area contributed by atoms with E-state index in [4.69, 9.17) is 4.74 Å². The van der Waals surface area contributed by atoms with Crippen LogP contribution in [0.4, 0.5) is 0 Å². The zero-order valence-electron chi connectivity index (χ0n) is 9.25. The van der Waals surface area contributed by atoms with Crippen molar-refractivity contribution < 1.29 is 9.53 Å². The quantitative estimate of drug-likeness (QED) is 0.641. The summed E-state index contributed by atoms with van der Waals surface area (Å²) in [6, 6.07) is 0. The van der Waals surface area contributed by atoms with Gasteiger partial charge in [0.1, 0.15) is 0 Å². The Morgan fingerprint density at radius 3 is 2.43 bits per heavy atom. The first-order valence-electron chi connectivity index (χ1n) is 5.08. The third-order valence-electron chi connectivity index (χ3n) is 2.43. The summed E-state index contributed by atoms with van der Waals surface area (Å²) in [7, 11) is 3.86. The topological polar surface area (TPSA) is 29.5 Å². The molecule has 1 aliphatic rings. The maximum Gasteiger partial charge on any atom is 0.163 e. The van der Waals surface area contributed by atoms with Crippen molar-refractivity contribution in [1.82, 2.24) is 4.90 Å². The standard InChI is InChI=1S/C11H19NO2/c1-9(8-12(2)3)11(13)10-4-6-14-7-5-10/h8,10H,4-7H2,1-3H3. The van der Waals surface area contributed by atoms with Gasteiger partial charge in [0.2, 0.25) is 0 Å². The van der Waals surface area contributed by atoms with Crippen molar-refractivity contribution in [2.75, 3.05) is 27.3 Å². The van der Waals surface area contributed by atoms with E-state index >= 15 is 0 Å². The van der Waals surface area contributed by atoms with Crippen LogP contribution in [0.5, 0.6) is 0 Å². The largest absolute Gasteiger partial charge is 0.383 e. The van der Waals surface area contributed by atoms with Gasteiger partial charge in [-0.3, -0.25) is 4.79 Å². The minimum absolute atomic E-state index is 0.181. The van der Waals surface area contributed by atoms with Gasteiger partial charge in [-0.25, -0.2) is 0 Å². The zero-order valence-corrected chi connectivity index (χ0v) is 9.25. The molecule has 0 aromatic rings. The number of hydrogen-bond acceptors (Lipinski definition) is 3. The van der Waals surface area contributed by atoms with E-state index in [0.29, 0.717) is 0 Å². The number of carbonyl (C=O) groups excluding carboxylic acids is 1. The lowest BCUT2D eigenvalue weighted by molar-refractivity contribution is -0.121. The number of rotatable bonds is 3. The van der Waals surface area contributed by atoms with Crippen LogP contribution in [0.2, 0.25) is 0 Å². The molecule has 1 saturated heterocycles. The average molecular weight is 197 g/mol. The van der Waals surface area contributed by atoms with Crippen molar-refractivity contribution in [3.8, 4) is 0 Å². The summed E-state index contributed by atoms with van der Waals surface area (Å²) in [5.41, 5.74) is 0.849. The van der Waals surface area contributed by atoms with Crippen LogP contribution in [-0.2, 0) is 9.53 Å². The van der Waals surface area contributed by atoms with Gasteiger partial charge < -0.3 is 9.64 Å². The van der Waals surface area contributed by atoms with Crippen molar-refractivity contribution in [3.63, 3.8) is 0 Å². The molecule has 0 bridgehead atoms. The fraction of sp³-hybridized carbons (Fsp3) is 0.727. The zero-order chi connectivity index (χ0) is 10.6. The average Bonchev–Trinajstić information content (AvgIpc) is 2.17. The molecule has 1 rings (SSSR count). The molecule has 0 amide bonds. The maximum atomic E-state index is 11.9. The van der Waals surface area contributed by atoms with Crippen LogP contribution in [0.25, 0.3) is 0 Å². The molecule has 0 saturated carbocycles. The minimum Gasteiger partial charge on any atom is -0.383 e. The van der Waals surface area contributed by atoms with Gasteiger partial charge in [0.25, 0.3) is 0 Å². The van der Waals surface area contributed by atoms with Gasteiger partial charge in [-0.1, -0.05) is 0 Å². The predicted molar refractivity (Wildman–Crippen MR) is 56.0 cm³/mol. The molecule has 1 fully saturated rings. The Morgan fingerprint density at radius 2 is 1.93 bits per heavy atom. The number of hydrogen-bond donors (Lipinski definition) is 0. The lowest BCUT2D eigenvalue weighted by Crippen LogP contribution is -2.24.